The largest absolute Gasteiger partial charge is 0.490 e. The summed E-state index contributed by atoms with van der Waals surface area (Å²) in [5.41, 5.74) is 0. The second kappa shape index (κ2) is 7.49. The molecule has 146 valence electrons. The first-order valence-corrected chi connectivity index (χ1v) is 10.7. The molecule has 0 spiro atoms. The molecule has 2 aliphatic rings. The van der Waals surface area contributed by atoms with E-state index in [1.54, 1.807) is 30.6 Å². The van der Waals surface area contributed by atoms with Gasteiger partial charge in [-0.1, -0.05) is 6.92 Å². The third-order valence-electron chi connectivity index (χ3n) is 5.05. The molecule has 1 unspecified atom stereocenters. The van der Waals surface area contributed by atoms with Crippen LogP contribution in [0, 0.1) is 0 Å². The zero-order chi connectivity index (χ0) is 18.9. The molecule has 3 heterocycles. The third kappa shape index (κ3) is 3.54. The van der Waals surface area contributed by atoms with Crippen molar-refractivity contribution >= 4 is 10.0 Å². The van der Waals surface area contributed by atoms with Crippen molar-refractivity contribution in [3.05, 3.63) is 36.4 Å². The summed E-state index contributed by atoms with van der Waals surface area (Å²) in [6.45, 7) is 5.47. The molecule has 1 N–H and O–H groups in total. The average Bonchev–Trinajstić information content (AvgIpc) is 3.12. The van der Waals surface area contributed by atoms with Crippen LogP contribution in [-0.2, 0) is 10.0 Å². The number of rotatable bonds is 4. The lowest BCUT2D eigenvalue weighted by Gasteiger charge is -2.39. The lowest BCUT2D eigenvalue weighted by Crippen LogP contribution is -2.50. The smallest absolute Gasteiger partial charge is 0.243 e. The molecule has 4 rings (SSSR count). The number of likely N-dealkylation sites (N-methyl/N-ethyl adjacent to an activating group) is 1. The molecule has 1 fully saturated rings. The number of hydrogen-bond acceptors (Lipinski definition) is 6. The molecular formula is C18H24N4O4S. The van der Waals surface area contributed by atoms with E-state index in [4.69, 9.17) is 9.47 Å². The molecule has 1 aromatic heterocycles. The molecule has 2 aliphatic heterocycles. The van der Waals surface area contributed by atoms with Gasteiger partial charge in [-0.25, -0.2) is 13.4 Å². The molecule has 1 atom stereocenters. The van der Waals surface area contributed by atoms with Crippen LogP contribution in [0.5, 0.6) is 11.5 Å². The van der Waals surface area contributed by atoms with Crippen LogP contribution in [0.3, 0.4) is 0 Å². The highest BCUT2D eigenvalue weighted by atomic mass is 32.2. The normalized spacial score (nSPS) is 21.7. The molecular weight excluding hydrogens is 368 g/mol. The van der Waals surface area contributed by atoms with Gasteiger partial charge in [-0.05, 0) is 18.7 Å². The van der Waals surface area contributed by atoms with Gasteiger partial charge in [0.2, 0.25) is 10.0 Å². The molecule has 27 heavy (non-hydrogen) atoms. The summed E-state index contributed by atoms with van der Waals surface area (Å²) < 4.78 is 39.3. The molecule has 9 heteroatoms. The van der Waals surface area contributed by atoms with Crippen molar-refractivity contribution in [2.75, 3.05) is 39.4 Å². The Labute approximate surface area is 159 Å². The number of ether oxygens (including phenoxy) is 2. The summed E-state index contributed by atoms with van der Waals surface area (Å²) in [5.74, 6) is 1.87. The first-order chi connectivity index (χ1) is 13.1. The second-order valence-electron chi connectivity index (χ2n) is 6.64. The van der Waals surface area contributed by atoms with Gasteiger partial charge in [0.05, 0.1) is 24.2 Å². The van der Waals surface area contributed by atoms with Crippen LogP contribution in [-0.4, -0.2) is 67.0 Å². The topological polar surface area (TPSA) is 87.8 Å². The van der Waals surface area contributed by atoms with Gasteiger partial charge >= 0.3 is 0 Å². The number of aromatic amines is 1. The van der Waals surface area contributed by atoms with Gasteiger partial charge < -0.3 is 14.5 Å². The van der Waals surface area contributed by atoms with Crippen LogP contribution in [0.2, 0.25) is 0 Å². The Balaban J connectivity index is 1.61. The number of hydrogen-bond donors (Lipinski definition) is 1. The van der Waals surface area contributed by atoms with E-state index in [1.165, 1.54) is 4.31 Å². The van der Waals surface area contributed by atoms with Crippen molar-refractivity contribution in [2.24, 2.45) is 0 Å². The van der Waals surface area contributed by atoms with Crippen molar-refractivity contribution in [1.29, 1.82) is 0 Å². The number of nitrogens with zero attached hydrogens (tertiary/aromatic N) is 3. The molecule has 2 aromatic rings. The lowest BCUT2D eigenvalue weighted by atomic mass is 10.2. The van der Waals surface area contributed by atoms with Gasteiger partial charge in [0.1, 0.15) is 5.82 Å². The Kier molecular flexibility index (Phi) is 5.07. The van der Waals surface area contributed by atoms with Gasteiger partial charge in [-0.3, -0.25) is 4.90 Å². The summed E-state index contributed by atoms with van der Waals surface area (Å²) in [6, 6.07) is 4.76. The number of piperazine rings is 1. The molecule has 1 aromatic carbocycles. The maximum absolute atomic E-state index is 13.2. The number of benzene rings is 1. The zero-order valence-corrected chi connectivity index (χ0v) is 16.1. The Morgan fingerprint density at radius 2 is 2.04 bits per heavy atom. The summed E-state index contributed by atoms with van der Waals surface area (Å²) in [4.78, 5) is 9.93. The van der Waals surface area contributed by atoms with Crippen molar-refractivity contribution in [3.8, 4) is 11.5 Å². The lowest BCUT2D eigenvalue weighted by molar-refractivity contribution is 0.119. The van der Waals surface area contributed by atoms with Crippen molar-refractivity contribution in [2.45, 2.75) is 24.3 Å². The predicted molar refractivity (Wildman–Crippen MR) is 99.4 cm³/mol. The van der Waals surface area contributed by atoms with Crippen LogP contribution in [0.1, 0.15) is 25.2 Å². The number of fused-ring (bicyclic) bond motifs is 1. The maximum Gasteiger partial charge on any atom is 0.243 e. The molecule has 0 radical (unpaired) electrons. The van der Waals surface area contributed by atoms with Gasteiger partial charge in [-0.2, -0.15) is 4.31 Å². The Morgan fingerprint density at radius 3 is 2.78 bits per heavy atom. The first kappa shape index (κ1) is 18.3. The van der Waals surface area contributed by atoms with E-state index in [2.05, 4.69) is 21.8 Å². The Bertz CT molecular complexity index is 885. The maximum atomic E-state index is 13.2. The summed E-state index contributed by atoms with van der Waals surface area (Å²) in [7, 11) is -3.63. The third-order valence-corrected chi connectivity index (χ3v) is 6.91. The summed E-state index contributed by atoms with van der Waals surface area (Å²) >= 11 is 0. The van der Waals surface area contributed by atoms with Crippen LogP contribution >= 0.6 is 0 Å². The predicted octanol–water partition coefficient (Wildman–Crippen LogP) is 1.64. The number of aromatic nitrogens is 2. The minimum atomic E-state index is -3.63. The van der Waals surface area contributed by atoms with E-state index >= 15 is 0 Å². The van der Waals surface area contributed by atoms with E-state index in [1.807, 2.05) is 0 Å². The minimum absolute atomic E-state index is 0.0889. The highest BCUT2D eigenvalue weighted by Crippen LogP contribution is 2.34. The van der Waals surface area contributed by atoms with Gasteiger partial charge in [0, 0.05) is 44.5 Å². The number of H-pyrrole nitrogens is 1. The fourth-order valence-corrected chi connectivity index (χ4v) is 5.02. The second-order valence-corrected chi connectivity index (χ2v) is 8.58. The Morgan fingerprint density at radius 1 is 1.22 bits per heavy atom. The van der Waals surface area contributed by atoms with Crippen molar-refractivity contribution < 1.29 is 17.9 Å². The number of imidazole rings is 1. The van der Waals surface area contributed by atoms with Gasteiger partial charge in [-0.15, -0.1) is 0 Å². The summed E-state index contributed by atoms with van der Waals surface area (Å²) in [5, 5.41) is 0. The first-order valence-electron chi connectivity index (χ1n) is 9.22. The molecule has 0 amide bonds. The zero-order valence-electron chi connectivity index (χ0n) is 15.3. The van der Waals surface area contributed by atoms with Crippen molar-refractivity contribution in [3.63, 3.8) is 0 Å². The number of sulfonamides is 1. The highest BCUT2D eigenvalue weighted by molar-refractivity contribution is 7.89. The molecule has 0 bridgehead atoms. The highest BCUT2D eigenvalue weighted by Gasteiger charge is 2.35. The fourth-order valence-electron chi connectivity index (χ4n) is 3.56. The summed E-state index contributed by atoms with van der Waals surface area (Å²) in [6.07, 6.45) is 4.24. The van der Waals surface area contributed by atoms with E-state index in [0.717, 1.165) is 18.8 Å². The quantitative estimate of drug-likeness (QED) is 0.851. The monoisotopic (exact) mass is 392 g/mol. The van der Waals surface area contributed by atoms with Crippen LogP contribution in [0.25, 0.3) is 0 Å². The Hall–Kier alpha value is -2.10. The van der Waals surface area contributed by atoms with E-state index in [-0.39, 0.29) is 10.9 Å². The van der Waals surface area contributed by atoms with Crippen molar-refractivity contribution in [1.82, 2.24) is 19.2 Å². The molecule has 0 aliphatic carbocycles. The minimum Gasteiger partial charge on any atom is -0.490 e. The molecule has 8 nitrogen and oxygen atoms in total. The SMILES string of the molecule is CCN1CCN(S(=O)(=O)c2ccc3c(c2)OCCCO3)CC1c1ncc[nH]1. The number of nitrogens with one attached hydrogen (secondary N) is 1. The standard InChI is InChI=1S/C18H24N4O4S/c1-2-21-8-9-22(13-15(21)18-19-6-7-20-18)27(23,24)14-4-5-16-17(12-14)26-11-3-10-25-16/h4-7,12,15H,2-3,8-11,13H2,1H3,(H,19,20). The average molecular weight is 392 g/mol. The van der Waals surface area contributed by atoms with Crippen LogP contribution < -0.4 is 9.47 Å². The van der Waals surface area contributed by atoms with Crippen LogP contribution in [0.15, 0.2) is 35.5 Å². The fraction of sp³-hybridized carbons (Fsp3) is 0.500. The van der Waals surface area contributed by atoms with Crippen LogP contribution in [0.4, 0.5) is 0 Å². The molecule has 1 saturated heterocycles. The van der Waals surface area contributed by atoms with Gasteiger partial charge in [0.25, 0.3) is 0 Å². The molecule has 0 saturated carbocycles. The van der Waals surface area contributed by atoms with E-state index < -0.39 is 10.0 Å². The van der Waals surface area contributed by atoms with E-state index in [9.17, 15) is 8.42 Å². The van der Waals surface area contributed by atoms with Gasteiger partial charge in [0.15, 0.2) is 11.5 Å². The van der Waals surface area contributed by atoms with E-state index in [0.29, 0.717) is 44.3 Å².